The topological polar surface area (TPSA) is 71.2 Å². The van der Waals surface area contributed by atoms with Crippen molar-refractivity contribution in [2.45, 2.75) is 19.8 Å². The minimum Gasteiger partial charge on any atom is -0.456 e. The molecule has 0 aliphatic heterocycles. The van der Waals surface area contributed by atoms with E-state index in [2.05, 4.69) is 10.3 Å². The van der Waals surface area contributed by atoms with Gasteiger partial charge in [-0.2, -0.15) is 0 Å². The van der Waals surface area contributed by atoms with Crippen LogP contribution in [0.15, 0.2) is 66.7 Å². The predicted molar refractivity (Wildman–Crippen MR) is 105 cm³/mol. The molecule has 27 heavy (non-hydrogen) atoms. The van der Waals surface area contributed by atoms with Crippen LogP contribution in [0.2, 0.25) is 0 Å². The van der Waals surface area contributed by atoms with Gasteiger partial charge in [0, 0.05) is 17.1 Å². The SMILES string of the molecule is Cc1ccc(NC(=O)COC(=O)CCc2ccc(-c3ccccc3)[nH]2)cc1. The zero-order chi connectivity index (χ0) is 19.1. The standard InChI is InChI=1S/C22H22N2O3/c1-16-7-9-19(10-8-16)24-21(25)15-27-22(26)14-12-18-11-13-20(23-18)17-5-3-2-4-6-17/h2-11,13,23H,12,14-15H2,1H3,(H,24,25). The molecule has 0 fully saturated rings. The molecule has 0 radical (unpaired) electrons. The molecule has 3 aromatic rings. The number of nitrogens with one attached hydrogen (secondary N) is 2. The van der Waals surface area contributed by atoms with Crippen LogP contribution >= 0.6 is 0 Å². The number of H-pyrrole nitrogens is 1. The van der Waals surface area contributed by atoms with Crippen molar-refractivity contribution in [3.8, 4) is 11.3 Å². The molecule has 3 rings (SSSR count). The van der Waals surface area contributed by atoms with Crippen LogP contribution in [0.25, 0.3) is 11.3 Å². The molecule has 0 atom stereocenters. The zero-order valence-corrected chi connectivity index (χ0v) is 15.2. The van der Waals surface area contributed by atoms with Crippen LogP contribution in [-0.2, 0) is 20.7 Å². The largest absolute Gasteiger partial charge is 0.456 e. The first-order chi connectivity index (χ1) is 13.1. The normalized spacial score (nSPS) is 10.4. The molecule has 5 heteroatoms. The fraction of sp³-hybridized carbons (Fsp3) is 0.182. The summed E-state index contributed by atoms with van der Waals surface area (Å²) in [6, 6.07) is 21.4. The van der Waals surface area contributed by atoms with Gasteiger partial charge in [-0.1, -0.05) is 48.0 Å². The quantitative estimate of drug-likeness (QED) is 0.622. The van der Waals surface area contributed by atoms with Gasteiger partial charge in [0.05, 0.1) is 6.42 Å². The monoisotopic (exact) mass is 362 g/mol. The van der Waals surface area contributed by atoms with E-state index in [9.17, 15) is 9.59 Å². The van der Waals surface area contributed by atoms with Crippen LogP contribution in [-0.4, -0.2) is 23.5 Å². The van der Waals surface area contributed by atoms with Gasteiger partial charge < -0.3 is 15.0 Å². The number of carbonyl (C=O) groups excluding carboxylic acids is 2. The Morgan fingerprint density at radius 2 is 1.70 bits per heavy atom. The number of rotatable bonds is 7. The van der Waals surface area contributed by atoms with Crippen molar-refractivity contribution in [1.29, 1.82) is 0 Å². The van der Waals surface area contributed by atoms with Gasteiger partial charge in [0.2, 0.25) is 0 Å². The molecule has 2 N–H and O–H groups in total. The van der Waals surface area contributed by atoms with Gasteiger partial charge in [0.1, 0.15) is 0 Å². The Kier molecular flexibility index (Phi) is 6.05. The lowest BCUT2D eigenvalue weighted by atomic mass is 10.2. The summed E-state index contributed by atoms with van der Waals surface area (Å²) in [7, 11) is 0. The number of anilines is 1. The number of ether oxygens (including phenoxy) is 1. The Bertz CT molecular complexity index is 899. The minimum atomic E-state index is -0.398. The van der Waals surface area contributed by atoms with E-state index >= 15 is 0 Å². The summed E-state index contributed by atoms with van der Waals surface area (Å²) in [5, 5.41) is 2.70. The molecule has 1 aromatic heterocycles. The average Bonchev–Trinajstić information content (AvgIpc) is 3.16. The average molecular weight is 362 g/mol. The van der Waals surface area contributed by atoms with Crippen molar-refractivity contribution >= 4 is 17.6 Å². The smallest absolute Gasteiger partial charge is 0.306 e. The number of carbonyl (C=O) groups is 2. The third kappa shape index (κ3) is 5.57. The number of benzene rings is 2. The summed E-state index contributed by atoms with van der Waals surface area (Å²) < 4.78 is 5.05. The number of amides is 1. The minimum absolute atomic E-state index is 0.215. The van der Waals surface area contributed by atoms with Crippen molar-refractivity contribution in [3.63, 3.8) is 0 Å². The lowest BCUT2D eigenvalue weighted by Gasteiger charge is -2.07. The van der Waals surface area contributed by atoms with Gasteiger partial charge >= 0.3 is 5.97 Å². The highest BCUT2D eigenvalue weighted by Crippen LogP contribution is 2.18. The third-order valence-electron chi connectivity index (χ3n) is 4.13. The summed E-state index contributed by atoms with van der Waals surface area (Å²) in [6.45, 7) is 1.69. The molecule has 1 heterocycles. The van der Waals surface area contributed by atoms with E-state index in [0.29, 0.717) is 12.1 Å². The lowest BCUT2D eigenvalue weighted by Crippen LogP contribution is -2.21. The van der Waals surface area contributed by atoms with E-state index < -0.39 is 5.97 Å². The molecular formula is C22H22N2O3. The highest BCUT2D eigenvalue weighted by Gasteiger charge is 2.09. The molecule has 0 bridgehead atoms. The maximum Gasteiger partial charge on any atom is 0.306 e. The Balaban J connectivity index is 1.41. The molecule has 5 nitrogen and oxygen atoms in total. The molecule has 0 unspecified atom stereocenters. The second-order valence-electron chi connectivity index (χ2n) is 6.34. The fourth-order valence-electron chi connectivity index (χ4n) is 2.66. The molecule has 0 aliphatic rings. The van der Waals surface area contributed by atoms with E-state index in [4.69, 9.17) is 4.74 Å². The van der Waals surface area contributed by atoms with Gasteiger partial charge in [-0.15, -0.1) is 0 Å². The second-order valence-corrected chi connectivity index (χ2v) is 6.34. The molecule has 0 spiro atoms. The molecule has 0 saturated carbocycles. The lowest BCUT2D eigenvalue weighted by molar-refractivity contribution is -0.147. The summed E-state index contributed by atoms with van der Waals surface area (Å²) in [5.74, 6) is -0.747. The molecule has 1 amide bonds. The third-order valence-corrected chi connectivity index (χ3v) is 4.13. The van der Waals surface area contributed by atoms with Crippen LogP contribution in [0.3, 0.4) is 0 Å². The Hall–Kier alpha value is -3.34. The number of aryl methyl sites for hydroxylation is 2. The summed E-state index contributed by atoms with van der Waals surface area (Å²) >= 11 is 0. The number of esters is 1. The van der Waals surface area contributed by atoms with Crippen LogP contribution in [0.5, 0.6) is 0 Å². The van der Waals surface area contributed by atoms with Gasteiger partial charge in [0.25, 0.3) is 5.91 Å². The van der Waals surface area contributed by atoms with E-state index in [1.807, 2.05) is 73.7 Å². The maximum absolute atomic E-state index is 11.9. The number of hydrogen-bond acceptors (Lipinski definition) is 3. The van der Waals surface area contributed by atoms with E-state index in [1.54, 1.807) is 0 Å². The van der Waals surface area contributed by atoms with E-state index in [-0.39, 0.29) is 18.9 Å². The van der Waals surface area contributed by atoms with Crippen LogP contribution < -0.4 is 5.32 Å². The second kappa shape index (κ2) is 8.85. The first-order valence-corrected chi connectivity index (χ1v) is 8.85. The Morgan fingerprint density at radius 3 is 2.44 bits per heavy atom. The van der Waals surface area contributed by atoms with Crippen molar-refractivity contribution in [2.75, 3.05) is 11.9 Å². The van der Waals surface area contributed by atoms with Crippen LogP contribution in [0.1, 0.15) is 17.7 Å². The Labute approximate surface area is 158 Å². The van der Waals surface area contributed by atoms with Gasteiger partial charge in [-0.05, 0) is 43.2 Å². The zero-order valence-electron chi connectivity index (χ0n) is 15.2. The van der Waals surface area contributed by atoms with E-state index in [0.717, 1.165) is 22.5 Å². The Morgan fingerprint density at radius 1 is 0.963 bits per heavy atom. The maximum atomic E-state index is 11.9. The van der Waals surface area contributed by atoms with Gasteiger partial charge in [-0.25, -0.2) is 0 Å². The summed E-state index contributed by atoms with van der Waals surface area (Å²) in [5.41, 5.74) is 4.85. The number of aromatic nitrogens is 1. The molecular weight excluding hydrogens is 340 g/mol. The summed E-state index contributed by atoms with van der Waals surface area (Å²) in [4.78, 5) is 27.0. The first kappa shape index (κ1) is 18.5. The van der Waals surface area contributed by atoms with Gasteiger partial charge in [-0.3, -0.25) is 9.59 Å². The van der Waals surface area contributed by atoms with Crippen molar-refractivity contribution in [2.24, 2.45) is 0 Å². The molecule has 0 aliphatic carbocycles. The molecule has 138 valence electrons. The van der Waals surface area contributed by atoms with Gasteiger partial charge in [0.15, 0.2) is 6.61 Å². The van der Waals surface area contributed by atoms with Crippen molar-refractivity contribution in [3.05, 3.63) is 78.0 Å². The van der Waals surface area contributed by atoms with Crippen LogP contribution in [0.4, 0.5) is 5.69 Å². The van der Waals surface area contributed by atoms with Crippen molar-refractivity contribution in [1.82, 2.24) is 4.98 Å². The summed E-state index contributed by atoms with van der Waals surface area (Å²) in [6.07, 6.45) is 0.748. The number of hydrogen-bond donors (Lipinski definition) is 2. The predicted octanol–water partition coefficient (Wildman–Crippen LogP) is 4.10. The van der Waals surface area contributed by atoms with Crippen molar-refractivity contribution < 1.29 is 14.3 Å². The van der Waals surface area contributed by atoms with Crippen LogP contribution in [0, 0.1) is 6.92 Å². The first-order valence-electron chi connectivity index (χ1n) is 8.85. The highest BCUT2D eigenvalue weighted by atomic mass is 16.5. The fourth-order valence-corrected chi connectivity index (χ4v) is 2.66. The number of aromatic amines is 1. The molecule has 0 saturated heterocycles. The highest BCUT2D eigenvalue weighted by molar-refractivity contribution is 5.92. The molecule has 2 aromatic carbocycles. The van der Waals surface area contributed by atoms with E-state index in [1.165, 1.54) is 0 Å².